The Balaban J connectivity index is 0. The lowest BCUT2D eigenvalue weighted by atomic mass is 10.6. The van der Waals surface area contributed by atoms with E-state index in [0.717, 1.165) is 6.42 Å². The second-order valence-corrected chi connectivity index (χ2v) is 1.25. The number of halogens is 1. The average molecular weight is 151 g/mol. The van der Waals surface area contributed by atoms with Crippen molar-refractivity contribution in [3.63, 3.8) is 0 Å². The number of nitrogens with one attached hydrogen (secondary N) is 2. The Labute approximate surface area is 60.4 Å². The minimum absolute atomic E-state index is 0. The second-order valence-electron chi connectivity index (χ2n) is 1.25. The minimum Gasteiger partial charge on any atom is -0.369 e. The van der Waals surface area contributed by atoms with E-state index >= 15 is 0 Å². The molecule has 0 bridgehead atoms. The molecule has 0 aliphatic carbocycles. The summed E-state index contributed by atoms with van der Waals surface area (Å²) < 4.78 is 0. The molecule has 0 fully saturated rings. The summed E-state index contributed by atoms with van der Waals surface area (Å²) in [6, 6.07) is 0. The minimum atomic E-state index is -0.130. The fourth-order valence-electron chi connectivity index (χ4n) is 0.206. The fourth-order valence-corrected chi connectivity index (χ4v) is 0.206. The summed E-state index contributed by atoms with van der Waals surface area (Å²) in [5.74, 6) is -0.130. The van der Waals surface area contributed by atoms with E-state index in [1.807, 2.05) is 6.92 Å². The Bertz CT molecular complexity index is 101. The molecular weight excluding hydrogens is 140 g/mol. The van der Waals surface area contributed by atoms with E-state index in [9.17, 15) is 0 Å². The van der Waals surface area contributed by atoms with Crippen LogP contribution in [0.5, 0.6) is 0 Å². The molecular formula is C4H11ClN4. The van der Waals surface area contributed by atoms with Gasteiger partial charge < -0.3 is 5.73 Å². The largest absolute Gasteiger partial charge is 0.369 e. The lowest BCUT2D eigenvalue weighted by Gasteiger charge is -1.90. The van der Waals surface area contributed by atoms with Gasteiger partial charge in [-0.05, 0) is 6.42 Å². The van der Waals surface area contributed by atoms with Crippen LogP contribution in [0.4, 0.5) is 0 Å². The summed E-state index contributed by atoms with van der Waals surface area (Å²) in [6.45, 7) is 1.95. The number of nitrogens with zero attached hydrogens (tertiary/aromatic N) is 1. The van der Waals surface area contributed by atoms with Crippen LogP contribution in [0.1, 0.15) is 13.3 Å². The first-order valence-electron chi connectivity index (χ1n) is 2.39. The quantitative estimate of drug-likeness (QED) is 0.301. The van der Waals surface area contributed by atoms with E-state index in [0.29, 0.717) is 0 Å². The van der Waals surface area contributed by atoms with Gasteiger partial charge in [-0.15, -0.1) is 12.4 Å². The van der Waals surface area contributed by atoms with Crippen LogP contribution < -0.4 is 11.2 Å². The van der Waals surface area contributed by atoms with Crippen LogP contribution >= 0.6 is 12.4 Å². The summed E-state index contributed by atoms with van der Waals surface area (Å²) in [7, 11) is 0. The molecule has 0 rings (SSSR count). The Morgan fingerprint density at radius 2 is 2.44 bits per heavy atom. The van der Waals surface area contributed by atoms with Crippen LogP contribution in [0.3, 0.4) is 0 Å². The highest BCUT2D eigenvalue weighted by Gasteiger charge is 1.74. The van der Waals surface area contributed by atoms with E-state index in [2.05, 4.69) is 10.5 Å². The maximum atomic E-state index is 6.63. The highest BCUT2D eigenvalue weighted by atomic mass is 35.5. The first-order valence-corrected chi connectivity index (χ1v) is 2.39. The molecule has 0 amide bonds. The van der Waals surface area contributed by atoms with Gasteiger partial charge in [0.05, 0.1) is 0 Å². The number of guanidine groups is 1. The van der Waals surface area contributed by atoms with Gasteiger partial charge in [0.1, 0.15) is 0 Å². The second kappa shape index (κ2) is 7.23. The molecule has 0 atom stereocenters. The zero-order chi connectivity index (χ0) is 6.41. The SMILES string of the molecule is CCC=NNC(=N)N.Cl. The Morgan fingerprint density at radius 3 is 2.78 bits per heavy atom. The number of nitrogens with two attached hydrogens (primary N) is 1. The number of hydrogen-bond donors (Lipinski definition) is 3. The molecule has 4 nitrogen and oxygen atoms in total. The summed E-state index contributed by atoms with van der Waals surface area (Å²) in [5, 5.41) is 10.2. The van der Waals surface area contributed by atoms with Crippen molar-refractivity contribution < 1.29 is 0 Å². The Kier molecular flexibility index (Phi) is 8.90. The Morgan fingerprint density at radius 1 is 1.89 bits per heavy atom. The predicted molar refractivity (Wildman–Crippen MR) is 41.1 cm³/mol. The lowest BCUT2D eigenvalue weighted by molar-refractivity contribution is 0.992. The van der Waals surface area contributed by atoms with Crippen LogP contribution in [0.2, 0.25) is 0 Å². The van der Waals surface area contributed by atoms with Gasteiger partial charge in [-0.1, -0.05) is 6.92 Å². The van der Waals surface area contributed by atoms with Crippen molar-refractivity contribution in [1.29, 1.82) is 5.41 Å². The van der Waals surface area contributed by atoms with Crippen LogP contribution in [0, 0.1) is 5.41 Å². The van der Waals surface area contributed by atoms with E-state index in [1.54, 1.807) is 6.21 Å². The lowest BCUT2D eigenvalue weighted by Crippen LogP contribution is -2.25. The first kappa shape index (κ1) is 11.1. The van der Waals surface area contributed by atoms with Gasteiger partial charge >= 0.3 is 0 Å². The fraction of sp³-hybridized carbons (Fsp3) is 0.500. The van der Waals surface area contributed by atoms with Crippen molar-refractivity contribution >= 4 is 24.6 Å². The molecule has 5 heteroatoms. The highest BCUT2D eigenvalue weighted by Crippen LogP contribution is 1.63. The molecule has 0 aliphatic rings. The van der Waals surface area contributed by atoms with Gasteiger partial charge in [0.2, 0.25) is 5.96 Å². The maximum Gasteiger partial charge on any atom is 0.206 e. The van der Waals surface area contributed by atoms with Crippen molar-refractivity contribution in [3.8, 4) is 0 Å². The summed E-state index contributed by atoms with van der Waals surface area (Å²) in [4.78, 5) is 0. The Hall–Kier alpha value is -0.770. The molecule has 4 N–H and O–H groups in total. The average Bonchev–Trinajstić information content (AvgIpc) is 1.66. The van der Waals surface area contributed by atoms with Gasteiger partial charge in [-0.3, -0.25) is 5.41 Å². The van der Waals surface area contributed by atoms with Crippen molar-refractivity contribution in [2.45, 2.75) is 13.3 Å². The molecule has 0 aromatic carbocycles. The number of rotatable bonds is 2. The van der Waals surface area contributed by atoms with E-state index in [-0.39, 0.29) is 18.4 Å². The first-order chi connectivity index (χ1) is 3.77. The predicted octanol–water partition coefficient (Wildman–Crippen LogP) is 0.287. The molecule has 0 spiro atoms. The topological polar surface area (TPSA) is 74.3 Å². The summed E-state index contributed by atoms with van der Waals surface area (Å²) in [6.07, 6.45) is 2.49. The summed E-state index contributed by atoms with van der Waals surface area (Å²) >= 11 is 0. The van der Waals surface area contributed by atoms with Gasteiger partial charge in [0.25, 0.3) is 0 Å². The molecule has 0 unspecified atom stereocenters. The van der Waals surface area contributed by atoms with Crippen molar-refractivity contribution in [1.82, 2.24) is 5.43 Å². The number of hydrazone groups is 1. The van der Waals surface area contributed by atoms with Crippen LogP contribution in [0.15, 0.2) is 5.10 Å². The van der Waals surface area contributed by atoms with Crippen molar-refractivity contribution in [2.75, 3.05) is 0 Å². The van der Waals surface area contributed by atoms with E-state index in [1.165, 1.54) is 0 Å². The van der Waals surface area contributed by atoms with Crippen LogP contribution in [-0.2, 0) is 0 Å². The normalized spacial score (nSPS) is 8.56. The molecule has 54 valence electrons. The zero-order valence-electron chi connectivity index (χ0n) is 5.22. The van der Waals surface area contributed by atoms with Gasteiger partial charge in [0.15, 0.2) is 0 Å². The molecule has 0 saturated carbocycles. The standard InChI is InChI=1S/C4H10N4.ClH/c1-2-3-7-8-4(5)6;/h3H,2H2,1H3,(H4,5,6,8);1H. The molecule has 0 heterocycles. The van der Waals surface area contributed by atoms with Crippen LogP contribution in [0.25, 0.3) is 0 Å². The van der Waals surface area contributed by atoms with Gasteiger partial charge in [0, 0.05) is 6.21 Å². The smallest absolute Gasteiger partial charge is 0.206 e. The molecule has 0 aromatic rings. The number of hydrogen-bond acceptors (Lipinski definition) is 2. The van der Waals surface area contributed by atoms with E-state index in [4.69, 9.17) is 11.1 Å². The third-order valence-corrected chi connectivity index (χ3v) is 0.459. The molecule has 0 aliphatic heterocycles. The van der Waals surface area contributed by atoms with Crippen molar-refractivity contribution in [2.24, 2.45) is 10.8 Å². The molecule has 0 aromatic heterocycles. The van der Waals surface area contributed by atoms with Gasteiger partial charge in [-0.25, -0.2) is 5.43 Å². The monoisotopic (exact) mass is 150 g/mol. The van der Waals surface area contributed by atoms with Crippen LogP contribution in [-0.4, -0.2) is 12.2 Å². The molecule has 0 radical (unpaired) electrons. The van der Waals surface area contributed by atoms with E-state index < -0.39 is 0 Å². The summed E-state index contributed by atoms with van der Waals surface area (Å²) in [5.41, 5.74) is 7.17. The van der Waals surface area contributed by atoms with Crippen molar-refractivity contribution in [3.05, 3.63) is 0 Å². The van der Waals surface area contributed by atoms with Gasteiger partial charge in [-0.2, -0.15) is 5.10 Å². The molecule has 9 heavy (non-hydrogen) atoms. The third-order valence-electron chi connectivity index (χ3n) is 0.459. The highest BCUT2D eigenvalue weighted by molar-refractivity contribution is 5.85. The third kappa shape index (κ3) is 11.1. The maximum absolute atomic E-state index is 6.63. The zero-order valence-corrected chi connectivity index (χ0v) is 6.03. The molecule has 0 saturated heterocycles.